The van der Waals surface area contributed by atoms with E-state index in [1.807, 2.05) is 19.1 Å². The molecule has 7 nitrogen and oxygen atoms in total. The SMILES string of the molecule is CCc1cc(=O)[nH]c([C@H]2CCCN(Cc3cc(OC)c(OC)c(OC)c3)C2)n1. The Hall–Kier alpha value is -2.54. The lowest BCUT2D eigenvalue weighted by Crippen LogP contribution is -2.35. The molecular formula is C21H29N3O4. The van der Waals surface area contributed by atoms with Crippen LogP contribution in [0.4, 0.5) is 0 Å². The fourth-order valence-corrected chi connectivity index (χ4v) is 3.81. The van der Waals surface area contributed by atoms with Crippen LogP contribution in [0.15, 0.2) is 23.0 Å². The number of hydrogen-bond donors (Lipinski definition) is 1. The zero-order valence-electron chi connectivity index (χ0n) is 17.1. The Morgan fingerprint density at radius 3 is 2.46 bits per heavy atom. The van der Waals surface area contributed by atoms with Crippen molar-refractivity contribution in [2.75, 3.05) is 34.4 Å². The van der Waals surface area contributed by atoms with Gasteiger partial charge in [0, 0.05) is 30.8 Å². The monoisotopic (exact) mass is 387 g/mol. The maximum Gasteiger partial charge on any atom is 0.251 e. The van der Waals surface area contributed by atoms with E-state index >= 15 is 0 Å². The van der Waals surface area contributed by atoms with Crippen molar-refractivity contribution in [1.29, 1.82) is 0 Å². The number of aromatic nitrogens is 2. The molecule has 7 heteroatoms. The van der Waals surface area contributed by atoms with Gasteiger partial charge in [0.15, 0.2) is 11.5 Å². The predicted octanol–water partition coefficient (Wildman–Crippen LogP) is 2.74. The highest BCUT2D eigenvalue weighted by atomic mass is 16.5. The van der Waals surface area contributed by atoms with Crippen molar-refractivity contribution >= 4 is 0 Å². The van der Waals surface area contributed by atoms with Gasteiger partial charge < -0.3 is 19.2 Å². The molecule has 1 aliphatic heterocycles. The van der Waals surface area contributed by atoms with Gasteiger partial charge >= 0.3 is 0 Å². The Morgan fingerprint density at radius 1 is 1.14 bits per heavy atom. The lowest BCUT2D eigenvalue weighted by atomic mass is 9.96. The molecule has 2 aromatic rings. The first-order valence-electron chi connectivity index (χ1n) is 9.69. The highest BCUT2D eigenvalue weighted by Crippen LogP contribution is 2.38. The molecule has 2 heterocycles. The number of H-pyrrole nitrogens is 1. The van der Waals surface area contributed by atoms with Crippen molar-refractivity contribution < 1.29 is 14.2 Å². The van der Waals surface area contributed by atoms with Crippen molar-refractivity contribution in [3.05, 3.63) is 45.6 Å². The predicted molar refractivity (Wildman–Crippen MR) is 108 cm³/mol. The van der Waals surface area contributed by atoms with Gasteiger partial charge in [-0.25, -0.2) is 4.98 Å². The van der Waals surface area contributed by atoms with Crippen LogP contribution in [-0.4, -0.2) is 49.3 Å². The minimum atomic E-state index is -0.0661. The molecule has 3 rings (SSSR count). The summed E-state index contributed by atoms with van der Waals surface area (Å²) in [7, 11) is 4.86. The van der Waals surface area contributed by atoms with Crippen LogP contribution in [0.5, 0.6) is 17.2 Å². The first-order valence-corrected chi connectivity index (χ1v) is 9.69. The fraction of sp³-hybridized carbons (Fsp3) is 0.524. The number of ether oxygens (including phenoxy) is 3. The van der Waals surface area contributed by atoms with Gasteiger partial charge in [0.25, 0.3) is 5.56 Å². The van der Waals surface area contributed by atoms with Crippen molar-refractivity contribution in [2.45, 2.75) is 38.6 Å². The van der Waals surface area contributed by atoms with Gasteiger partial charge in [-0.3, -0.25) is 9.69 Å². The minimum absolute atomic E-state index is 0.0661. The van der Waals surface area contributed by atoms with E-state index in [-0.39, 0.29) is 11.5 Å². The first kappa shape index (κ1) is 20.2. The quantitative estimate of drug-likeness (QED) is 0.787. The van der Waals surface area contributed by atoms with Gasteiger partial charge in [0.05, 0.1) is 21.3 Å². The van der Waals surface area contributed by atoms with E-state index in [4.69, 9.17) is 14.2 Å². The summed E-state index contributed by atoms with van der Waals surface area (Å²) in [6.07, 6.45) is 2.86. The minimum Gasteiger partial charge on any atom is -0.493 e. The molecule has 1 aromatic heterocycles. The Balaban J connectivity index is 1.78. The van der Waals surface area contributed by atoms with E-state index in [1.165, 1.54) is 0 Å². The van der Waals surface area contributed by atoms with Crippen molar-refractivity contribution in [1.82, 2.24) is 14.9 Å². The summed E-state index contributed by atoms with van der Waals surface area (Å²) in [4.78, 5) is 21.9. The van der Waals surface area contributed by atoms with Crippen molar-refractivity contribution in [2.24, 2.45) is 0 Å². The summed E-state index contributed by atoms with van der Waals surface area (Å²) in [6.45, 7) is 4.64. The fourth-order valence-electron chi connectivity index (χ4n) is 3.81. The number of nitrogens with zero attached hydrogens (tertiary/aromatic N) is 2. The van der Waals surface area contributed by atoms with Gasteiger partial charge in [-0.05, 0) is 43.5 Å². The lowest BCUT2D eigenvalue weighted by molar-refractivity contribution is 0.195. The average Bonchev–Trinajstić information content (AvgIpc) is 2.72. The molecule has 0 aliphatic carbocycles. The van der Waals surface area contributed by atoms with E-state index in [2.05, 4.69) is 14.9 Å². The van der Waals surface area contributed by atoms with Crippen LogP contribution >= 0.6 is 0 Å². The largest absolute Gasteiger partial charge is 0.493 e. The third-order valence-corrected chi connectivity index (χ3v) is 5.20. The molecule has 1 fully saturated rings. The van der Waals surface area contributed by atoms with Crippen LogP contribution in [0.3, 0.4) is 0 Å². The van der Waals surface area contributed by atoms with Gasteiger partial charge in [-0.15, -0.1) is 0 Å². The summed E-state index contributed by atoms with van der Waals surface area (Å²) in [6, 6.07) is 5.56. The second-order valence-corrected chi connectivity index (χ2v) is 7.08. The molecule has 0 spiro atoms. The highest BCUT2D eigenvalue weighted by molar-refractivity contribution is 5.53. The number of aryl methyl sites for hydroxylation is 1. The van der Waals surface area contributed by atoms with E-state index in [0.29, 0.717) is 17.2 Å². The van der Waals surface area contributed by atoms with Crippen molar-refractivity contribution in [3.8, 4) is 17.2 Å². The third-order valence-electron chi connectivity index (χ3n) is 5.20. The topological polar surface area (TPSA) is 76.7 Å². The third kappa shape index (κ3) is 4.47. The molecule has 1 aromatic carbocycles. The van der Waals surface area contributed by atoms with Crippen LogP contribution in [0.25, 0.3) is 0 Å². The van der Waals surface area contributed by atoms with Crippen LogP contribution in [0, 0.1) is 0 Å². The second-order valence-electron chi connectivity index (χ2n) is 7.08. The number of methoxy groups -OCH3 is 3. The van der Waals surface area contributed by atoms with E-state index in [1.54, 1.807) is 27.4 Å². The molecule has 1 N–H and O–H groups in total. The molecule has 1 atom stereocenters. The Morgan fingerprint density at radius 2 is 1.86 bits per heavy atom. The molecule has 0 saturated carbocycles. The van der Waals surface area contributed by atoms with Crippen LogP contribution in [0.2, 0.25) is 0 Å². The van der Waals surface area contributed by atoms with Gasteiger partial charge in [0.1, 0.15) is 5.82 Å². The standard InChI is InChI=1S/C21H29N3O4/c1-5-16-11-19(25)23-21(22-16)15-7-6-8-24(13-15)12-14-9-17(26-2)20(28-4)18(10-14)27-3/h9-11,15H,5-8,12-13H2,1-4H3,(H,22,23,25)/t15-/m0/s1. The number of nitrogens with one attached hydrogen (secondary N) is 1. The molecule has 152 valence electrons. The molecule has 0 unspecified atom stereocenters. The zero-order chi connectivity index (χ0) is 20.1. The summed E-state index contributed by atoms with van der Waals surface area (Å²) in [5, 5.41) is 0. The number of aromatic amines is 1. The van der Waals surface area contributed by atoms with E-state index < -0.39 is 0 Å². The zero-order valence-corrected chi connectivity index (χ0v) is 17.1. The average molecular weight is 387 g/mol. The molecule has 1 saturated heterocycles. The van der Waals surface area contributed by atoms with E-state index in [0.717, 1.165) is 56.0 Å². The molecule has 1 aliphatic rings. The molecule has 28 heavy (non-hydrogen) atoms. The maximum absolute atomic E-state index is 11.9. The lowest BCUT2D eigenvalue weighted by Gasteiger charge is -2.32. The van der Waals surface area contributed by atoms with Crippen LogP contribution < -0.4 is 19.8 Å². The summed E-state index contributed by atoms with van der Waals surface area (Å²) < 4.78 is 16.3. The Bertz CT molecular complexity index is 840. The van der Waals surface area contributed by atoms with Gasteiger partial charge in [-0.1, -0.05) is 6.92 Å². The molecule has 0 amide bonds. The number of hydrogen-bond acceptors (Lipinski definition) is 6. The number of piperidine rings is 1. The Kier molecular flexibility index (Phi) is 6.57. The van der Waals surface area contributed by atoms with E-state index in [9.17, 15) is 4.79 Å². The number of benzene rings is 1. The maximum atomic E-state index is 11.9. The van der Waals surface area contributed by atoms with Crippen LogP contribution in [-0.2, 0) is 13.0 Å². The molecule has 0 radical (unpaired) electrons. The Labute approximate surface area is 165 Å². The summed E-state index contributed by atoms with van der Waals surface area (Å²) in [5.74, 6) is 2.96. The highest BCUT2D eigenvalue weighted by Gasteiger charge is 2.24. The van der Waals surface area contributed by atoms with Gasteiger partial charge in [-0.2, -0.15) is 0 Å². The second kappa shape index (κ2) is 9.10. The number of rotatable bonds is 7. The van der Waals surface area contributed by atoms with Crippen LogP contribution in [0.1, 0.15) is 42.8 Å². The first-order chi connectivity index (χ1) is 13.6. The normalized spacial score (nSPS) is 17.4. The molecular weight excluding hydrogens is 358 g/mol. The van der Waals surface area contributed by atoms with Crippen molar-refractivity contribution in [3.63, 3.8) is 0 Å². The summed E-state index contributed by atoms with van der Waals surface area (Å²) in [5.41, 5.74) is 1.88. The number of likely N-dealkylation sites (tertiary alicyclic amines) is 1. The summed E-state index contributed by atoms with van der Waals surface area (Å²) >= 11 is 0. The van der Waals surface area contributed by atoms with Gasteiger partial charge in [0.2, 0.25) is 5.75 Å². The molecule has 0 bridgehead atoms. The smallest absolute Gasteiger partial charge is 0.251 e.